The third-order valence-corrected chi connectivity index (χ3v) is 4.22. The average Bonchev–Trinajstić information content (AvgIpc) is 3.06. The summed E-state index contributed by atoms with van der Waals surface area (Å²) < 4.78 is 6.58. The molecule has 1 fully saturated rings. The Balaban J connectivity index is 2.03. The van der Waals surface area contributed by atoms with Gasteiger partial charge in [0.25, 0.3) is 0 Å². The zero-order valence-electron chi connectivity index (χ0n) is 9.79. The number of ether oxygens (including phenoxy) is 1. The molecule has 0 aliphatic heterocycles. The maximum Gasteiger partial charge on any atom is 0.0666 e. The first kappa shape index (κ1) is 12.2. The zero-order valence-corrected chi connectivity index (χ0v) is 12.0. The highest BCUT2D eigenvalue weighted by Gasteiger charge is 2.31. The first-order valence-electron chi connectivity index (χ1n) is 5.72. The quantitative estimate of drug-likeness (QED) is 0.835. The monoisotopic (exact) mass is 331 g/mol. The number of halogens is 1. The number of methoxy groups -OCH3 is 1. The summed E-state index contributed by atoms with van der Waals surface area (Å²) in [6.07, 6.45) is 2.67. The number of rotatable bonds is 5. The van der Waals surface area contributed by atoms with Gasteiger partial charge in [-0.25, -0.2) is 0 Å². The summed E-state index contributed by atoms with van der Waals surface area (Å²) in [4.78, 5) is 0. The van der Waals surface area contributed by atoms with Crippen LogP contribution in [0.1, 0.15) is 18.4 Å². The van der Waals surface area contributed by atoms with E-state index in [1.807, 2.05) is 0 Å². The van der Waals surface area contributed by atoms with Crippen molar-refractivity contribution in [3.8, 4) is 0 Å². The van der Waals surface area contributed by atoms with Gasteiger partial charge in [0.1, 0.15) is 0 Å². The van der Waals surface area contributed by atoms with Crippen molar-refractivity contribution >= 4 is 28.3 Å². The standard InChI is InChI=1S/C13H18INO/c1-9-3-6-11(7-12(9)14)15-13(8-16-2)10-4-5-10/h3,6-7,10,13,15H,4-5,8H2,1-2H3. The van der Waals surface area contributed by atoms with E-state index in [4.69, 9.17) is 4.74 Å². The lowest BCUT2D eigenvalue weighted by atomic mass is 10.1. The number of nitrogens with one attached hydrogen (secondary N) is 1. The Morgan fingerprint density at radius 3 is 2.81 bits per heavy atom. The van der Waals surface area contributed by atoms with E-state index in [1.165, 1.54) is 27.7 Å². The minimum absolute atomic E-state index is 0.475. The lowest BCUT2D eigenvalue weighted by Crippen LogP contribution is -2.27. The maximum absolute atomic E-state index is 5.27. The molecule has 1 aliphatic carbocycles. The first-order chi connectivity index (χ1) is 7.70. The molecule has 0 saturated heterocycles. The van der Waals surface area contributed by atoms with Crippen LogP contribution in [0.5, 0.6) is 0 Å². The topological polar surface area (TPSA) is 21.3 Å². The molecule has 1 N–H and O–H groups in total. The maximum atomic E-state index is 5.27. The van der Waals surface area contributed by atoms with E-state index in [-0.39, 0.29) is 0 Å². The summed E-state index contributed by atoms with van der Waals surface area (Å²) >= 11 is 2.38. The van der Waals surface area contributed by atoms with Crippen LogP contribution < -0.4 is 5.32 Å². The highest BCUT2D eigenvalue weighted by Crippen LogP contribution is 2.34. The van der Waals surface area contributed by atoms with Crippen molar-refractivity contribution in [1.29, 1.82) is 0 Å². The minimum Gasteiger partial charge on any atom is -0.383 e. The van der Waals surface area contributed by atoms with E-state index in [1.54, 1.807) is 7.11 Å². The van der Waals surface area contributed by atoms with Gasteiger partial charge in [-0.3, -0.25) is 0 Å². The van der Waals surface area contributed by atoms with Crippen LogP contribution in [0.3, 0.4) is 0 Å². The van der Waals surface area contributed by atoms with Gasteiger partial charge in [-0.15, -0.1) is 0 Å². The van der Waals surface area contributed by atoms with Gasteiger partial charge in [0.15, 0.2) is 0 Å². The van der Waals surface area contributed by atoms with Crippen LogP contribution in [0, 0.1) is 16.4 Å². The van der Waals surface area contributed by atoms with Crippen molar-refractivity contribution in [2.75, 3.05) is 19.0 Å². The number of hydrogen-bond donors (Lipinski definition) is 1. The van der Waals surface area contributed by atoms with Gasteiger partial charge in [-0.2, -0.15) is 0 Å². The highest BCUT2D eigenvalue weighted by molar-refractivity contribution is 14.1. The van der Waals surface area contributed by atoms with Crippen molar-refractivity contribution in [2.45, 2.75) is 25.8 Å². The Kier molecular flexibility index (Phi) is 4.08. The van der Waals surface area contributed by atoms with Crippen molar-refractivity contribution in [1.82, 2.24) is 0 Å². The molecule has 0 amide bonds. The third kappa shape index (κ3) is 3.10. The van der Waals surface area contributed by atoms with Crippen LogP contribution in [0.25, 0.3) is 0 Å². The molecule has 3 heteroatoms. The molecule has 0 spiro atoms. The normalized spacial score (nSPS) is 17.2. The second-order valence-corrected chi connectivity index (χ2v) is 5.67. The van der Waals surface area contributed by atoms with Gasteiger partial charge in [0, 0.05) is 16.4 Å². The number of hydrogen-bond acceptors (Lipinski definition) is 2. The Labute approximate surface area is 111 Å². The summed E-state index contributed by atoms with van der Waals surface area (Å²) in [5.74, 6) is 0.805. The average molecular weight is 331 g/mol. The van der Waals surface area contributed by atoms with Gasteiger partial charge in [-0.05, 0) is 66.0 Å². The van der Waals surface area contributed by atoms with E-state index < -0.39 is 0 Å². The van der Waals surface area contributed by atoms with E-state index in [0.29, 0.717) is 6.04 Å². The summed E-state index contributed by atoms with van der Waals surface area (Å²) in [6, 6.07) is 7.01. The summed E-state index contributed by atoms with van der Waals surface area (Å²) in [5, 5.41) is 3.58. The fourth-order valence-electron chi connectivity index (χ4n) is 1.87. The van der Waals surface area contributed by atoms with E-state index in [0.717, 1.165) is 12.5 Å². The molecule has 0 bridgehead atoms. The van der Waals surface area contributed by atoms with Gasteiger partial charge >= 0.3 is 0 Å². The van der Waals surface area contributed by atoms with Gasteiger partial charge in [0.2, 0.25) is 0 Å². The van der Waals surface area contributed by atoms with E-state index >= 15 is 0 Å². The number of anilines is 1. The molecule has 2 nitrogen and oxygen atoms in total. The van der Waals surface area contributed by atoms with Crippen LogP contribution in [0.15, 0.2) is 18.2 Å². The zero-order chi connectivity index (χ0) is 11.5. The Morgan fingerprint density at radius 1 is 1.50 bits per heavy atom. The SMILES string of the molecule is COCC(Nc1ccc(C)c(I)c1)C1CC1. The minimum atomic E-state index is 0.475. The molecule has 1 saturated carbocycles. The molecule has 0 heterocycles. The largest absolute Gasteiger partial charge is 0.383 e. The smallest absolute Gasteiger partial charge is 0.0666 e. The van der Waals surface area contributed by atoms with Crippen molar-refractivity contribution < 1.29 is 4.74 Å². The van der Waals surface area contributed by atoms with E-state index in [2.05, 4.69) is 53.0 Å². The van der Waals surface area contributed by atoms with Crippen molar-refractivity contribution in [3.05, 3.63) is 27.3 Å². The molecule has 0 radical (unpaired) electrons. The lowest BCUT2D eigenvalue weighted by Gasteiger charge is -2.19. The Hall–Kier alpha value is -0.290. The Bertz CT molecular complexity index is 363. The van der Waals surface area contributed by atoms with Crippen LogP contribution in [0.4, 0.5) is 5.69 Å². The molecule has 1 atom stereocenters. The van der Waals surface area contributed by atoms with Crippen LogP contribution in [-0.4, -0.2) is 19.8 Å². The second-order valence-electron chi connectivity index (χ2n) is 4.51. The van der Waals surface area contributed by atoms with E-state index in [9.17, 15) is 0 Å². The number of aryl methyl sites for hydroxylation is 1. The molecule has 16 heavy (non-hydrogen) atoms. The molecular formula is C13H18INO. The summed E-state index contributed by atoms with van der Waals surface area (Å²) in [5.41, 5.74) is 2.55. The lowest BCUT2D eigenvalue weighted by molar-refractivity contribution is 0.179. The van der Waals surface area contributed by atoms with Gasteiger partial charge < -0.3 is 10.1 Å². The summed E-state index contributed by atoms with van der Waals surface area (Å²) in [7, 11) is 1.77. The second kappa shape index (κ2) is 5.36. The first-order valence-corrected chi connectivity index (χ1v) is 6.80. The fourth-order valence-corrected chi connectivity index (χ4v) is 2.39. The van der Waals surface area contributed by atoms with Crippen LogP contribution in [-0.2, 0) is 4.74 Å². The predicted molar refractivity (Wildman–Crippen MR) is 75.9 cm³/mol. The van der Waals surface area contributed by atoms with Crippen molar-refractivity contribution in [3.63, 3.8) is 0 Å². The van der Waals surface area contributed by atoms with Gasteiger partial charge in [-0.1, -0.05) is 6.07 Å². The molecule has 0 aromatic heterocycles. The highest BCUT2D eigenvalue weighted by atomic mass is 127. The van der Waals surface area contributed by atoms with Gasteiger partial charge in [0.05, 0.1) is 12.6 Å². The molecule has 2 rings (SSSR count). The van der Waals surface area contributed by atoms with Crippen molar-refractivity contribution in [2.24, 2.45) is 5.92 Å². The number of benzene rings is 1. The van der Waals surface area contributed by atoms with Crippen LogP contribution in [0.2, 0.25) is 0 Å². The Morgan fingerprint density at radius 2 is 2.25 bits per heavy atom. The fraction of sp³-hybridized carbons (Fsp3) is 0.538. The molecule has 1 aromatic rings. The molecule has 88 valence electrons. The molecule has 1 aliphatic rings. The van der Waals surface area contributed by atoms with Crippen LogP contribution >= 0.6 is 22.6 Å². The third-order valence-electron chi connectivity index (χ3n) is 3.06. The summed E-state index contributed by atoms with van der Waals surface area (Å²) in [6.45, 7) is 2.94. The predicted octanol–water partition coefficient (Wildman–Crippen LogP) is 3.44. The molecular weight excluding hydrogens is 313 g/mol. The molecule has 1 aromatic carbocycles. The molecule has 1 unspecified atom stereocenters.